The summed E-state index contributed by atoms with van der Waals surface area (Å²) in [4.78, 5) is 54.4. The molecule has 404 valence electrons. The maximum atomic E-state index is 13.0. The van der Waals surface area contributed by atoms with Crippen LogP contribution in [0.4, 0.5) is 0 Å². The minimum Gasteiger partial charge on any atom is -0.462 e. The van der Waals surface area contributed by atoms with Crippen LogP contribution in [0.15, 0.2) is 109 Å². The molecule has 0 amide bonds. The van der Waals surface area contributed by atoms with Gasteiger partial charge in [-0.15, -0.1) is 0 Å². The molecule has 0 aromatic heterocycles. The Kier molecular flexibility index (Phi) is 37.0. The first-order valence-corrected chi connectivity index (χ1v) is 27.6. The highest BCUT2D eigenvalue weighted by Gasteiger charge is 2.54. The van der Waals surface area contributed by atoms with Gasteiger partial charge >= 0.3 is 27.6 Å². The molecular weight excluding hydrogens is 962 g/mol. The summed E-state index contributed by atoms with van der Waals surface area (Å²) in [5, 5.41) is 62.2. The Morgan fingerprint density at radius 3 is 1.45 bits per heavy atom. The lowest BCUT2D eigenvalue weighted by Crippen LogP contribution is -2.64. The van der Waals surface area contributed by atoms with Gasteiger partial charge in [-0.3, -0.25) is 23.2 Å². The largest absolute Gasteiger partial charge is 0.472 e. The van der Waals surface area contributed by atoms with Crippen molar-refractivity contribution >= 4 is 27.6 Å². The summed E-state index contributed by atoms with van der Waals surface area (Å²) in [7, 11) is -10.8. The predicted octanol–water partition coefficient (Wildman–Crippen LogP) is 7.67. The predicted molar refractivity (Wildman–Crippen MR) is 271 cm³/mol. The van der Waals surface area contributed by atoms with Crippen molar-refractivity contribution in [2.75, 3.05) is 13.2 Å². The van der Waals surface area contributed by atoms with Gasteiger partial charge in [0, 0.05) is 12.8 Å². The van der Waals surface area contributed by atoms with Crippen molar-refractivity contribution in [2.24, 2.45) is 0 Å². The van der Waals surface area contributed by atoms with Gasteiger partial charge in [0.2, 0.25) is 0 Å². The summed E-state index contributed by atoms with van der Waals surface area (Å²) in [6, 6.07) is 0. The molecule has 1 aliphatic rings. The van der Waals surface area contributed by atoms with Gasteiger partial charge in [-0.25, -0.2) is 9.13 Å². The third kappa shape index (κ3) is 33.8. The topological polar surface area (TPSA) is 296 Å². The molecule has 1 saturated carbocycles. The Hall–Kier alpha value is -3.42. The third-order valence-electron chi connectivity index (χ3n) is 10.5. The molecule has 5 unspecified atom stereocenters. The lowest BCUT2D eigenvalue weighted by atomic mass is 9.85. The molecule has 0 heterocycles. The van der Waals surface area contributed by atoms with E-state index in [2.05, 4.69) is 103 Å². The standard InChI is InChI=1S/C51H82O18P2/c1-3-5-7-9-11-13-15-17-18-19-20-21-22-23-25-27-29-31-33-37-44(54)65-39-41(40-66-71(63,64)69-51-48(58)46(56)47(57)50(49(51)59)68-70(60,61)62)67-45(55)38-34-36-43(53)42(52)35-32-30-28-26-24-16-14-12-10-8-6-4-2/h5-8,11-14,17-18,20-21,23-26,30,32,41-43,46-53,56-59H,3-4,9-10,15-16,19,22,27-29,31,33-40H2,1-2H3,(H,63,64)(H2,60,61,62)/b7-5-,8-6-,13-11-,14-12-,18-17-,21-20-,25-23-,26-24-,32-30-/t41-,42-,43-,46?,47?,48?,49?,50-,51+/m1/s1. The second kappa shape index (κ2) is 40.0. The van der Waals surface area contributed by atoms with E-state index < -0.39 is 95.7 Å². The highest BCUT2D eigenvalue weighted by molar-refractivity contribution is 7.47. The maximum absolute atomic E-state index is 13.0. The summed E-state index contributed by atoms with van der Waals surface area (Å²) in [6.45, 7) is 2.60. The van der Waals surface area contributed by atoms with E-state index in [0.29, 0.717) is 19.3 Å². The molecule has 71 heavy (non-hydrogen) atoms. The summed E-state index contributed by atoms with van der Waals surface area (Å²) >= 11 is 0. The second-order valence-electron chi connectivity index (χ2n) is 16.7. The van der Waals surface area contributed by atoms with Gasteiger partial charge in [0.1, 0.15) is 43.2 Å². The molecule has 0 aliphatic heterocycles. The molecule has 0 bridgehead atoms. The molecule has 0 spiro atoms. The fourth-order valence-electron chi connectivity index (χ4n) is 6.67. The maximum Gasteiger partial charge on any atom is 0.472 e. The van der Waals surface area contributed by atoms with Crippen LogP contribution < -0.4 is 0 Å². The van der Waals surface area contributed by atoms with Crippen molar-refractivity contribution in [3.05, 3.63) is 109 Å². The smallest absolute Gasteiger partial charge is 0.462 e. The molecule has 1 aliphatic carbocycles. The number of unbranched alkanes of at least 4 members (excludes halogenated alkanes) is 3. The molecule has 9 N–H and O–H groups in total. The minimum atomic E-state index is -5.41. The Bertz CT molecular complexity index is 1820. The molecule has 0 aromatic rings. The number of ether oxygens (including phenoxy) is 2. The Balaban J connectivity index is 2.71. The quantitative estimate of drug-likeness (QED) is 0.0123. The zero-order chi connectivity index (χ0) is 52.8. The number of carbonyl (C=O) groups is 2. The number of aliphatic hydroxyl groups is 6. The van der Waals surface area contributed by atoms with Gasteiger partial charge in [-0.1, -0.05) is 130 Å². The first-order chi connectivity index (χ1) is 33.9. The third-order valence-corrected chi connectivity index (χ3v) is 12.0. The average Bonchev–Trinajstić information content (AvgIpc) is 3.32. The van der Waals surface area contributed by atoms with E-state index in [4.69, 9.17) is 18.5 Å². The molecule has 1 rings (SSSR count). The number of phosphoric ester groups is 2. The van der Waals surface area contributed by atoms with Crippen LogP contribution in [-0.2, 0) is 41.8 Å². The van der Waals surface area contributed by atoms with E-state index in [-0.39, 0.29) is 32.1 Å². The fourth-order valence-corrected chi connectivity index (χ4v) is 8.21. The first-order valence-electron chi connectivity index (χ1n) is 24.6. The molecule has 0 radical (unpaired) electrons. The van der Waals surface area contributed by atoms with Crippen molar-refractivity contribution in [3.63, 3.8) is 0 Å². The fraction of sp³-hybridized carbons (Fsp3) is 0.608. The molecule has 18 nitrogen and oxygen atoms in total. The Morgan fingerprint density at radius 2 is 0.958 bits per heavy atom. The number of aliphatic hydroxyl groups excluding tert-OH is 6. The number of phosphoric acid groups is 2. The zero-order valence-corrected chi connectivity index (χ0v) is 43.1. The van der Waals surface area contributed by atoms with E-state index in [0.717, 1.165) is 64.2 Å². The number of allylic oxidation sites excluding steroid dienone is 17. The van der Waals surface area contributed by atoms with E-state index in [1.165, 1.54) is 0 Å². The number of esters is 2. The van der Waals surface area contributed by atoms with Gasteiger partial charge in [0.25, 0.3) is 0 Å². The number of carbonyl (C=O) groups excluding carboxylic acids is 2. The SMILES string of the molecule is CC/C=C\C/C=C\C/C=C\C/C=C\C/C=C\CCCCCC(=O)OC[C@H](COP(=O)(O)O[C@H]1C(O)C(O)C(O)[C@@H](OP(=O)(O)O)C1O)OC(=O)CCC[C@@H](O)[C@H](O)C/C=C\C/C=C\C/C=C\C/C=C\CC. The molecule has 0 aromatic carbocycles. The molecule has 10 atom stereocenters. The Labute approximate surface area is 420 Å². The minimum absolute atomic E-state index is 0.0133. The summed E-state index contributed by atoms with van der Waals surface area (Å²) in [5.41, 5.74) is 0. The van der Waals surface area contributed by atoms with E-state index in [1.807, 2.05) is 18.2 Å². The number of rotatable bonds is 39. The lowest BCUT2D eigenvalue weighted by molar-refractivity contribution is -0.216. The van der Waals surface area contributed by atoms with Crippen LogP contribution in [0.5, 0.6) is 0 Å². The molecular formula is C51H82O18P2. The Morgan fingerprint density at radius 1 is 0.507 bits per heavy atom. The molecule has 20 heteroatoms. The normalized spacial score (nSPS) is 22.7. The van der Waals surface area contributed by atoms with Crippen LogP contribution in [0.2, 0.25) is 0 Å². The first kappa shape index (κ1) is 65.6. The van der Waals surface area contributed by atoms with Crippen LogP contribution >= 0.6 is 15.6 Å². The van der Waals surface area contributed by atoms with Crippen LogP contribution in [0.3, 0.4) is 0 Å². The van der Waals surface area contributed by atoms with E-state index >= 15 is 0 Å². The van der Waals surface area contributed by atoms with Gasteiger partial charge in [0.05, 0.1) is 18.8 Å². The summed E-state index contributed by atoms with van der Waals surface area (Å²) in [5.74, 6) is -1.54. The van der Waals surface area contributed by atoms with Crippen LogP contribution in [-0.4, -0.2) is 125 Å². The lowest BCUT2D eigenvalue weighted by Gasteiger charge is -2.43. The van der Waals surface area contributed by atoms with Crippen molar-refractivity contribution in [1.82, 2.24) is 0 Å². The summed E-state index contributed by atoms with van der Waals surface area (Å²) < 4.78 is 49.2. The van der Waals surface area contributed by atoms with Crippen LogP contribution in [0.1, 0.15) is 129 Å². The van der Waals surface area contributed by atoms with Crippen molar-refractivity contribution in [1.29, 1.82) is 0 Å². The number of hydrogen-bond acceptors (Lipinski definition) is 15. The molecule has 0 saturated heterocycles. The van der Waals surface area contributed by atoms with E-state index in [9.17, 15) is 64.0 Å². The second-order valence-corrected chi connectivity index (χ2v) is 19.3. The molecule has 1 fully saturated rings. The van der Waals surface area contributed by atoms with Gasteiger partial charge < -0.3 is 54.8 Å². The monoisotopic (exact) mass is 1040 g/mol. The zero-order valence-electron chi connectivity index (χ0n) is 41.3. The average molecular weight is 1050 g/mol. The van der Waals surface area contributed by atoms with Gasteiger partial charge in [-0.2, -0.15) is 0 Å². The van der Waals surface area contributed by atoms with Crippen molar-refractivity contribution < 1.29 is 87.1 Å². The highest BCUT2D eigenvalue weighted by atomic mass is 31.2. The van der Waals surface area contributed by atoms with Crippen LogP contribution in [0, 0.1) is 0 Å². The van der Waals surface area contributed by atoms with Gasteiger partial charge in [-0.05, 0) is 96.3 Å². The van der Waals surface area contributed by atoms with E-state index in [1.54, 1.807) is 6.08 Å². The van der Waals surface area contributed by atoms with Crippen molar-refractivity contribution in [3.8, 4) is 0 Å². The summed E-state index contributed by atoms with van der Waals surface area (Å²) in [6.07, 6.45) is 30.4. The van der Waals surface area contributed by atoms with Crippen LogP contribution in [0.25, 0.3) is 0 Å². The number of hydrogen-bond donors (Lipinski definition) is 9. The van der Waals surface area contributed by atoms with Gasteiger partial charge in [0.15, 0.2) is 6.10 Å². The van der Waals surface area contributed by atoms with Crippen molar-refractivity contribution in [2.45, 2.75) is 184 Å². The highest BCUT2D eigenvalue weighted by Crippen LogP contribution is 2.49.